The highest BCUT2D eigenvalue weighted by molar-refractivity contribution is 6.08. The summed E-state index contributed by atoms with van der Waals surface area (Å²) >= 11 is 0. The maximum atomic E-state index is 12.0. The number of urea groups is 2. The minimum atomic E-state index is -4.53. The molecule has 0 unspecified atom stereocenters. The van der Waals surface area contributed by atoms with Crippen LogP contribution in [-0.2, 0) is 9.53 Å². The molecule has 2 aliphatic carbocycles. The molecular formula is C17H22F6N4O4. The highest BCUT2D eigenvalue weighted by Crippen LogP contribution is 2.42. The molecule has 0 radical (unpaired) electrons. The Morgan fingerprint density at radius 3 is 2.10 bits per heavy atom. The number of halogens is 6. The van der Waals surface area contributed by atoms with Crippen molar-refractivity contribution in [1.82, 2.24) is 20.9 Å². The summed E-state index contributed by atoms with van der Waals surface area (Å²) in [6.07, 6.45) is -6.81. The van der Waals surface area contributed by atoms with Crippen LogP contribution in [0.4, 0.5) is 35.9 Å². The predicted octanol–water partition coefficient (Wildman–Crippen LogP) is 2.56. The van der Waals surface area contributed by atoms with Gasteiger partial charge in [0.15, 0.2) is 0 Å². The van der Waals surface area contributed by atoms with E-state index in [1.165, 1.54) is 0 Å². The minimum absolute atomic E-state index is 0.229. The molecule has 0 bridgehead atoms. The zero-order valence-corrected chi connectivity index (χ0v) is 16.5. The molecule has 1 spiro atoms. The number of nitrogens with one attached hydrogen (secondary N) is 3. The number of hydrogen-bond acceptors (Lipinski definition) is 4. The predicted molar refractivity (Wildman–Crippen MR) is 93.6 cm³/mol. The first-order valence-electron chi connectivity index (χ1n) is 9.29. The standard InChI is InChI=1S/C10H15F3N2O2.C7H7F3N2O2/c1-3-17-7(2)9(4-5-9)15-8(16)14-6-10(11,12)13;8-7(9,10)3-12-4(13)6(1-2-6)11-5(12)14/h2-6H2,1H3,(H2,14,15,16);1-3H2,(H,11,14). The summed E-state index contributed by atoms with van der Waals surface area (Å²) in [6.45, 7) is 2.98. The molecule has 1 aliphatic heterocycles. The van der Waals surface area contributed by atoms with Crippen LogP contribution in [0, 0.1) is 0 Å². The van der Waals surface area contributed by atoms with Gasteiger partial charge in [-0.1, -0.05) is 6.58 Å². The largest absolute Gasteiger partial charge is 0.496 e. The van der Waals surface area contributed by atoms with Crippen LogP contribution in [0.25, 0.3) is 0 Å². The number of ether oxygens (including phenoxy) is 1. The second kappa shape index (κ2) is 8.46. The van der Waals surface area contributed by atoms with Crippen molar-refractivity contribution < 1.29 is 45.5 Å². The fourth-order valence-corrected chi connectivity index (χ4v) is 2.82. The van der Waals surface area contributed by atoms with Crippen molar-refractivity contribution in [1.29, 1.82) is 0 Å². The molecule has 0 aromatic rings. The molecule has 0 aromatic carbocycles. The van der Waals surface area contributed by atoms with Crippen molar-refractivity contribution in [2.75, 3.05) is 19.7 Å². The van der Waals surface area contributed by atoms with Crippen LogP contribution in [0.5, 0.6) is 0 Å². The Morgan fingerprint density at radius 2 is 1.71 bits per heavy atom. The van der Waals surface area contributed by atoms with E-state index < -0.39 is 54.5 Å². The average molecular weight is 460 g/mol. The van der Waals surface area contributed by atoms with Crippen LogP contribution in [0.3, 0.4) is 0 Å². The molecule has 5 amide bonds. The number of amides is 5. The van der Waals surface area contributed by atoms with Gasteiger partial charge in [0.25, 0.3) is 5.91 Å². The van der Waals surface area contributed by atoms with E-state index >= 15 is 0 Å². The molecule has 0 atom stereocenters. The Hall–Kier alpha value is -2.67. The quantitative estimate of drug-likeness (QED) is 0.322. The summed E-state index contributed by atoms with van der Waals surface area (Å²) in [4.78, 5) is 33.8. The van der Waals surface area contributed by atoms with Crippen molar-refractivity contribution in [3.05, 3.63) is 12.3 Å². The third-order valence-corrected chi connectivity index (χ3v) is 4.74. The van der Waals surface area contributed by atoms with Gasteiger partial charge in [0.1, 0.15) is 24.4 Å². The molecule has 0 aromatic heterocycles. The van der Waals surface area contributed by atoms with E-state index in [2.05, 4.69) is 17.2 Å². The number of hydrogen-bond donors (Lipinski definition) is 3. The number of carbonyl (C=O) groups excluding carboxylic acids is 3. The normalized spacial score (nSPS) is 20.4. The van der Waals surface area contributed by atoms with E-state index in [-0.39, 0.29) is 4.90 Å². The highest BCUT2D eigenvalue weighted by atomic mass is 19.4. The van der Waals surface area contributed by atoms with E-state index in [0.717, 1.165) is 0 Å². The van der Waals surface area contributed by atoms with Crippen molar-refractivity contribution in [2.45, 2.75) is 56.0 Å². The van der Waals surface area contributed by atoms with Crippen LogP contribution >= 0.6 is 0 Å². The van der Waals surface area contributed by atoms with Crippen LogP contribution in [0.15, 0.2) is 12.3 Å². The molecule has 8 nitrogen and oxygen atoms in total. The molecule has 1 heterocycles. The van der Waals surface area contributed by atoms with E-state index in [1.54, 1.807) is 12.2 Å². The van der Waals surface area contributed by atoms with Crippen LogP contribution in [0.1, 0.15) is 32.6 Å². The zero-order chi connectivity index (χ0) is 23.7. The van der Waals surface area contributed by atoms with Gasteiger partial charge < -0.3 is 20.7 Å². The maximum Gasteiger partial charge on any atom is 0.406 e. The second-order valence-electron chi connectivity index (χ2n) is 7.38. The van der Waals surface area contributed by atoms with Crippen molar-refractivity contribution in [2.24, 2.45) is 0 Å². The Morgan fingerprint density at radius 1 is 1.13 bits per heavy atom. The van der Waals surface area contributed by atoms with Gasteiger partial charge in [-0.25, -0.2) is 9.59 Å². The SMILES string of the molecule is C=C(OCC)C1(NC(=O)NCC(F)(F)F)CC1.O=C1NC2(CC2)C(=O)N1CC(F)(F)F. The first kappa shape index (κ1) is 24.6. The summed E-state index contributed by atoms with van der Waals surface area (Å²) in [7, 11) is 0. The van der Waals surface area contributed by atoms with E-state index in [0.29, 0.717) is 38.0 Å². The zero-order valence-electron chi connectivity index (χ0n) is 16.5. The third kappa shape index (κ3) is 6.66. The number of imide groups is 1. The van der Waals surface area contributed by atoms with E-state index in [4.69, 9.17) is 4.74 Å². The molecule has 2 saturated carbocycles. The summed E-state index contributed by atoms with van der Waals surface area (Å²) in [5.41, 5.74) is -1.69. The van der Waals surface area contributed by atoms with Gasteiger partial charge in [-0.2, -0.15) is 26.3 Å². The molecule has 3 fully saturated rings. The van der Waals surface area contributed by atoms with Crippen molar-refractivity contribution >= 4 is 18.0 Å². The number of alkyl halides is 6. The fraction of sp³-hybridized carbons (Fsp3) is 0.706. The lowest BCUT2D eigenvalue weighted by molar-refractivity contribution is -0.153. The Kier molecular flexibility index (Phi) is 6.71. The molecule has 3 N–H and O–H groups in total. The highest BCUT2D eigenvalue weighted by Gasteiger charge is 2.60. The minimum Gasteiger partial charge on any atom is -0.496 e. The van der Waals surface area contributed by atoms with Crippen molar-refractivity contribution in [3.63, 3.8) is 0 Å². The Bertz CT molecular complexity index is 744. The lowest BCUT2D eigenvalue weighted by Gasteiger charge is -2.20. The molecule has 1 saturated heterocycles. The lowest BCUT2D eigenvalue weighted by Crippen LogP contribution is -2.47. The summed E-state index contributed by atoms with van der Waals surface area (Å²) in [5, 5.41) is 6.46. The van der Waals surface area contributed by atoms with Crippen LogP contribution < -0.4 is 16.0 Å². The van der Waals surface area contributed by atoms with E-state index in [9.17, 15) is 40.7 Å². The number of rotatable bonds is 6. The molecule has 31 heavy (non-hydrogen) atoms. The topological polar surface area (TPSA) is 99.8 Å². The van der Waals surface area contributed by atoms with Gasteiger partial charge in [-0.15, -0.1) is 0 Å². The van der Waals surface area contributed by atoms with Gasteiger partial charge in [0.2, 0.25) is 0 Å². The summed E-state index contributed by atoms with van der Waals surface area (Å²) in [6, 6.07) is -1.80. The van der Waals surface area contributed by atoms with Gasteiger partial charge in [0.05, 0.1) is 12.1 Å². The first-order valence-corrected chi connectivity index (χ1v) is 9.29. The van der Waals surface area contributed by atoms with Crippen LogP contribution in [-0.4, -0.2) is 66.0 Å². The molecule has 3 aliphatic rings. The van der Waals surface area contributed by atoms with Gasteiger partial charge in [-0.05, 0) is 32.6 Å². The first-order chi connectivity index (χ1) is 14.1. The maximum absolute atomic E-state index is 12.0. The molecule has 176 valence electrons. The molecule has 14 heteroatoms. The fourth-order valence-electron chi connectivity index (χ4n) is 2.82. The lowest BCUT2D eigenvalue weighted by atomic mass is 10.2. The van der Waals surface area contributed by atoms with Gasteiger partial charge in [0, 0.05) is 0 Å². The van der Waals surface area contributed by atoms with Gasteiger partial charge >= 0.3 is 24.4 Å². The monoisotopic (exact) mass is 460 g/mol. The van der Waals surface area contributed by atoms with Crippen molar-refractivity contribution in [3.8, 4) is 0 Å². The molecule has 3 rings (SSSR count). The van der Waals surface area contributed by atoms with Gasteiger partial charge in [-0.3, -0.25) is 9.69 Å². The average Bonchev–Trinajstić information content (AvgIpc) is 3.53. The van der Waals surface area contributed by atoms with E-state index in [1.807, 2.05) is 0 Å². The Labute approximate surface area is 173 Å². The number of nitrogens with zero attached hydrogens (tertiary/aromatic N) is 1. The smallest absolute Gasteiger partial charge is 0.406 e. The third-order valence-electron chi connectivity index (χ3n) is 4.74. The summed E-state index contributed by atoms with van der Waals surface area (Å²) < 4.78 is 76.6. The molecular weight excluding hydrogens is 438 g/mol. The summed E-state index contributed by atoms with van der Waals surface area (Å²) in [5.74, 6) is -0.359. The van der Waals surface area contributed by atoms with Crippen LogP contribution in [0.2, 0.25) is 0 Å². The number of carbonyl (C=O) groups is 3. The second-order valence-corrected chi connectivity index (χ2v) is 7.38. The Balaban J connectivity index is 0.000000224.